The Labute approximate surface area is 102 Å². The molecule has 1 aromatic carbocycles. The summed E-state index contributed by atoms with van der Waals surface area (Å²) < 4.78 is 26.3. The third-order valence-electron chi connectivity index (χ3n) is 2.92. The minimum Gasteiger partial charge on any atom is -0.372 e. The number of hydrogen-bond acceptors (Lipinski definition) is 2. The molecule has 17 heavy (non-hydrogen) atoms. The number of halogens is 2. The lowest BCUT2D eigenvalue weighted by Gasteiger charge is -2.25. The van der Waals surface area contributed by atoms with Gasteiger partial charge in [0.2, 0.25) is 0 Å². The minimum atomic E-state index is -0.540. The van der Waals surface area contributed by atoms with E-state index in [-0.39, 0.29) is 0 Å². The van der Waals surface area contributed by atoms with Crippen LogP contribution in [0.2, 0.25) is 0 Å². The van der Waals surface area contributed by atoms with Crippen molar-refractivity contribution in [2.75, 3.05) is 32.1 Å². The van der Waals surface area contributed by atoms with Crippen molar-refractivity contribution in [3.8, 4) is 0 Å². The zero-order chi connectivity index (χ0) is 12.8. The van der Waals surface area contributed by atoms with Crippen LogP contribution in [0, 0.1) is 17.6 Å². The van der Waals surface area contributed by atoms with E-state index in [0.717, 1.165) is 25.6 Å². The molecular weight excluding hydrogens is 222 g/mol. The van der Waals surface area contributed by atoms with Crippen molar-refractivity contribution in [2.45, 2.75) is 13.3 Å². The Hall–Kier alpha value is -1.16. The summed E-state index contributed by atoms with van der Waals surface area (Å²) in [6.45, 7) is 3.75. The first-order chi connectivity index (χ1) is 8.08. The van der Waals surface area contributed by atoms with Gasteiger partial charge in [-0.2, -0.15) is 0 Å². The van der Waals surface area contributed by atoms with Crippen LogP contribution in [0.25, 0.3) is 0 Å². The lowest BCUT2D eigenvalue weighted by Crippen LogP contribution is -2.31. The van der Waals surface area contributed by atoms with Crippen LogP contribution in [0.3, 0.4) is 0 Å². The Kier molecular flexibility index (Phi) is 5.35. The Bertz CT molecular complexity index is 355. The van der Waals surface area contributed by atoms with Gasteiger partial charge in [0.25, 0.3) is 0 Å². The fourth-order valence-corrected chi connectivity index (χ4v) is 1.90. The number of nitrogens with one attached hydrogen (secondary N) is 1. The molecule has 4 heteroatoms. The summed E-state index contributed by atoms with van der Waals surface area (Å²) in [4.78, 5) is 1.83. The first-order valence-corrected chi connectivity index (χ1v) is 5.89. The van der Waals surface area contributed by atoms with Crippen molar-refractivity contribution in [3.05, 3.63) is 29.8 Å². The summed E-state index contributed by atoms with van der Waals surface area (Å²) in [6.07, 6.45) is 1.02. The highest BCUT2D eigenvalue weighted by Crippen LogP contribution is 2.20. The number of benzene rings is 1. The van der Waals surface area contributed by atoms with Crippen molar-refractivity contribution < 1.29 is 8.78 Å². The first kappa shape index (κ1) is 13.9. The van der Waals surface area contributed by atoms with Crippen molar-refractivity contribution in [1.29, 1.82) is 0 Å². The molecule has 1 rings (SSSR count). The van der Waals surface area contributed by atoms with Gasteiger partial charge in [0.1, 0.15) is 11.6 Å². The van der Waals surface area contributed by atoms with Gasteiger partial charge in [0.15, 0.2) is 0 Å². The molecule has 0 amide bonds. The van der Waals surface area contributed by atoms with Crippen LogP contribution in [-0.4, -0.2) is 27.2 Å². The molecule has 0 bridgehead atoms. The maximum Gasteiger partial charge on any atom is 0.149 e. The van der Waals surface area contributed by atoms with Crippen LogP contribution in [0.15, 0.2) is 18.2 Å². The molecule has 0 fully saturated rings. The third kappa shape index (κ3) is 3.97. The number of nitrogens with zero attached hydrogens (tertiary/aromatic N) is 1. The van der Waals surface area contributed by atoms with Crippen LogP contribution < -0.4 is 10.2 Å². The molecule has 96 valence electrons. The molecule has 0 saturated heterocycles. The second-order valence-corrected chi connectivity index (χ2v) is 4.31. The monoisotopic (exact) mass is 242 g/mol. The highest BCUT2D eigenvalue weighted by atomic mass is 19.1. The van der Waals surface area contributed by atoms with Gasteiger partial charge in [-0.3, -0.25) is 0 Å². The zero-order valence-corrected chi connectivity index (χ0v) is 10.6. The maximum absolute atomic E-state index is 13.5. The topological polar surface area (TPSA) is 15.3 Å². The molecule has 1 N–H and O–H groups in total. The minimum absolute atomic E-state index is 0.445. The van der Waals surface area contributed by atoms with Crippen LogP contribution >= 0.6 is 0 Å². The predicted octanol–water partition coefficient (Wildman–Crippen LogP) is 2.65. The molecule has 0 aliphatic carbocycles. The molecule has 1 atom stereocenters. The van der Waals surface area contributed by atoms with E-state index in [4.69, 9.17) is 0 Å². The van der Waals surface area contributed by atoms with Gasteiger partial charge in [-0.25, -0.2) is 8.78 Å². The Morgan fingerprint density at radius 1 is 1.35 bits per heavy atom. The molecule has 0 spiro atoms. The van der Waals surface area contributed by atoms with E-state index in [1.54, 1.807) is 0 Å². The predicted molar refractivity (Wildman–Crippen MR) is 67.3 cm³/mol. The summed E-state index contributed by atoms with van der Waals surface area (Å²) in [5.74, 6) is -0.594. The van der Waals surface area contributed by atoms with Gasteiger partial charge in [-0.05, 0) is 31.6 Å². The zero-order valence-electron chi connectivity index (χ0n) is 10.6. The van der Waals surface area contributed by atoms with Crippen molar-refractivity contribution in [3.63, 3.8) is 0 Å². The Balaban J connectivity index is 2.71. The van der Waals surface area contributed by atoms with Gasteiger partial charge in [0.05, 0.1) is 5.69 Å². The Morgan fingerprint density at radius 2 is 2.06 bits per heavy atom. The van der Waals surface area contributed by atoms with Crippen LogP contribution in [0.1, 0.15) is 13.3 Å². The van der Waals surface area contributed by atoms with E-state index >= 15 is 0 Å². The molecule has 0 heterocycles. The van der Waals surface area contributed by atoms with E-state index in [2.05, 4.69) is 12.2 Å². The summed E-state index contributed by atoms with van der Waals surface area (Å²) in [6, 6.07) is 3.69. The maximum atomic E-state index is 13.5. The van der Waals surface area contributed by atoms with Crippen LogP contribution in [0.4, 0.5) is 14.5 Å². The summed E-state index contributed by atoms with van der Waals surface area (Å²) >= 11 is 0. The SMILES string of the molecule is CCC(CNC)CN(C)c1ccc(F)cc1F. The molecule has 2 nitrogen and oxygen atoms in total. The fourth-order valence-electron chi connectivity index (χ4n) is 1.90. The normalized spacial score (nSPS) is 12.5. The largest absolute Gasteiger partial charge is 0.372 e. The lowest BCUT2D eigenvalue weighted by atomic mass is 10.1. The van der Waals surface area contributed by atoms with Gasteiger partial charge in [-0.1, -0.05) is 13.3 Å². The quantitative estimate of drug-likeness (QED) is 0.825. The Morgan fingerprint density at radius 3 is 2.59 bits per heavy atom. The average Bonchev–Trinajstić information content (AvgIpc) is 2.28. The molecule has 0 aromatic heterocycles. The second kappa shape index (κ2) is 6.55. The average molecular weight is 242 g/mol. The van der Waals surface area contributed by atoms with Crippen molar-refractivity contribution >= 4 is 5.69 Å². The molecule has 1 aromatic rings. The number of hydrogen-bond donors (Lipinski definition) is 1. The molecular formula is C13H20F2N2. The lowest BCUT2D eigenvalue weighted by molar-refractivity contribution is 0.481. The molecule has 0 aliphatic heterocycles. The van der Waals surface area contributed by atoms with Gasteiger partial charge in [-0.15, -0.1) is 0 Å². The van der Waals surface area contributed by atoms with Gasteiger partial charge < -0.3 is 10.2 Å². The third-order valence-corrected chi connectivity index (χ3v) is 2.92. The van der Waals surface area contributed by atoms with E-state index in [9.17, 15) is 8.78 Å². The summed E-state index contributed by atoms with van der Waals surface area (Å²) in [7, 11) is 3.73. The second-order valence-electron chi connectivity index (χ2n) is 4.31. The van der Waals surface area contributed by atoms with Gasteiger partial charge >= 0.3 is 0 Å². The van der Waals surface area contributed by atoms with Crippen molar-refractivity contribution in [2.24, 2.45) is 5.92 Å². The van der Waals surface area contributed by atoms with E-state index in [0.29, 0.717) is 11.6 Å². The number of rotatable bonds is 6. The number of anilines is 1. The molecule has 0 saturated carbocycles. The van der Waals surface area contributed by atoms with Gasteiger partial charge in [0, 0.05) is 19.7 Å². The van der Waals surface area contributed by atoms with E-state index < -0.39 is 11.6 Å². The molecule has 0 radical (unpaired) electrons. The van der Waals surface area contributed by atoms with Crippen LogP contribution in [0.5, 0.6) is 0 Å². The van der Waals surface area contributed by atoms with Crippen molar-refractivity contribution in [1.82, 2.24) is 5.32 Å². The molecule has 0 aliphatic rings. The standard InChI is InChI=1S/C13H20F2N2/c1-4-10(8-16-2)9-17(3)13-6-5-11(14)7-12(13)15/h5-7,10,16H,4,8-9H2,1-3H3. The highest BCUT2D eigenvalue weighted by molar-refractivity contribution is 5.47. The van der Waals surface area contributed by atoms with E-state index in [1.807, 2.05) is 19.0 Å². The summed E-state index contributed by atoms with van der Waals surface area (Å²) in [5, 5.41) is 3.12. The first-order valence-electron chi connectivity index (χ1n) is 5.89. The fraction of sp³-hybridized carbons (Fsp3) is 0.538. The van der Waals surface area contributed by atoms with E-state index in [1.165, 1.54) is 12.1 Å². The smallest absolute Gasteiger partial charge is 0.149 e. The molecule has 1 unspecified atom stereocenters. The van der Waals surface area contributed by atoms with Crippen LogP contribution in [-0.2, 0) is 0 Å². The highest BCUT2D eigenvalue weighted by Gasteiger charge is 2.13. The summed E-state index contributed by atoms with van der Waals surface area (Å²) in [5.41, 5.74) is 0.445.